The molecule has 24 heavy (non-hydrogen) atoms. The van der Waals surface area contributed by atoms with Gasteiger partial charge in [-0.15, -0.1) is 0 Å². The van der Waals surface area contributed by atoms with Gasteiger partial charge in [0.2, 0.25) is 0 Å². The zero-order chi connectivity index (χ0) is 16.5. The second kappa shape index (κ2) is 5.42. The summed E-state index contributed by atoms with van der Waals surface area (Å²) >= 11 is 0. The van der Waals surface area contributed by atoms with Crippen molar-refractivity contribution >= 4 is 0 Å². The van der Waals surface area contributed by atoms with E-state index in [-0.39, 0.29) is 35.9 Å². The highest BCUT2D eigenvalue weighted by Gasteiger charge is 2.68. The predicted octanol–water partition coefficient (Wildman–Crippen LogP) is 2.98. The minimum Gasteiger partial charge on any atom is -0.396 e. The SMILES string of the molecule is C[C@@H]1C[C@@H]2OC[C@H]3CCC[C@H]([C@@]1(C)[C@@H]1C[C@H]4CCO[C@H]4O1)[C@]32CO. The van der Waals surface area contributed by atoms with Gasteiger partial charge in [-0.05, 0) is 49.9 Å². The molecule has 0 aromatic carbocycles. The number of aliphatic hydroxyl groups excluding tert-OH is 1. The van der Waals surface area contributed by atoms with Crippen molar-refractivity contribution in [3.63, 3.8) is 0 Å². The molecule has 5 rings (SSSR count). The van der Waals surface area contributed by atoms with E-state index in [4.69, 9.17) is 14.2 Å². The minimum atomic E-state index is -0.0264. The van der Waals surface area contributed by atoms with E-state index in [2.05, 4.69) is 13.8 Å². The lowest BCUT2D eigenvalue weighted by Crippen LogP contribution is -2.63. The first-order valence-corrected chi connectivity index (χ1v) is 10.1. The Balaban J connectivity index is 1.53. The van der Waals surface area contributed by atoms with Gasteiger partial charge in [0.05, 0.1) is 32.0 Å². The van der Waals surface area contributed by atoms with E-state index in [0.717, 1.165) is 32.5 Å². The molecule has 5 fully saturated rings. The van der Waals surface area contributed by atoms with Crippen molar-refractivity contribution in [3.05, 3.63) is 0 Å². The van der Waals surface area contributed by atoms with Crippen molar-refractivity contribution in [2.75, 3.05) is 19.8 Å². The lowest BCUT2D eigenvalue weighted by Gasteiger charge is -2.62. The molecule has 1 N–H and O–H groups in total. The van der Waals surface area contributed by atoms with Gasteiger partial charge in [0.25, 0.3) is 0 Å². The van der Waals surface area contributed by atoms with Crippen molar-refractivity contribution in [1.29, 1.82) is 0 Å². The van der Waals surface area contributed by atoms with Crippen LogP contribution in [0.5, 0.6) is 0 Å². The molecule has 136 valence electrons. The average molecular weight is 336 g/mol. The van der Waals surface area contributed by atoms with Crippen LogP contribution >= 0.6 is 0 Å². The fourth-order valence-corrected chi connectivity index (χ4v) is 7.36. The Morgan fingerprint density at radius 1 is 1.08 bits per heavy atom. The average Bonchev–Trinajstić information content (AvgIpc) is 3.26. The fourth-order valence-electron chi connectivity index (χ4n) is 7.36. The second-order valence-electron chi connectivity index (χ2n) is 9.42. The molecule has 0 amide bonds. The summed E-state index contributed by atoms with van der Waals surface area (Å²) in [6.45, 7) is 6.85. The summed E-state index contributed by atoms with van der Waals surface area (Å²) in [4.78, 5) is 0. The largest absolute Gasteiger partial charge is 0.396 e. The smallest absolute Gasteiger partial charge is 0.160 e. The summed E-state index contributed by atoms with van der Waals surface area (Å²) in [5.74, 6) is 2.19. The molecule has 0 radical (unpaired) electrons. The first-order chi connectivity index (χ1) is 11.6. The predicted molar refractivity (Wildman–Crippen MR) is 89.3 cm³/mol. The van der Waals surface area contributed by atoms with Gasteiger partial charge < -0.3 is 19.3 Å². The van der Waals surface area contributed by atoms with Crippen LogP contribution in [0.15, 0.2) is 0 Å². The maximum absolute atomic E-state index is 10.5. The van der Waals surface area contributed by atoms with E-state index < -0.39 is 0 Å². The minimum absolute atomic E-state index is 0.0264. The Hall–Kier alpha value is -0.160. The van der Waals surface area contributed by atoms with Gasteiger partial charge in [-0.1, -0.05) is 20.3 Å². The second-order valence-corrected chi connectivity index (χ2v) is 9.42. The molecule has 3 saturated heterocycles. The Bertz CT molecular complexity index is 498. The molecular weight excluding hydrogens is 304 g/mol. The zero-order valence-corrected chi connectivity index (χ0v) is 15.1. The molecule has 9 atom stereocenters. The summed E-state index contributed by atoms with van der Waals surface area (Å²) in [6.07, 6.45) is 7.61. The molecule has 2 saturated carbocycles. The van der Waals surface area contributed by atoms with E-state index in [1.165, 1.54) is 19.3 Å². The van der Waals surface area contributed by atoms with Gasteiger partial charge in [0.15, 0.2) is 6.29 Å². The van der Waals surface area contributed by atoms with E-state index in [1.54, 1.807) is 0 Å². The summed E-state index contributed by atoms with van der Waals surface area (Å²) in [5, 5.41) is 10.5. The fraction of sp³-hybridized carbons (Fsp3) is 1.00. The lowest BCUT2D eigenvalue weighted by atomic mass is 9.43. The molecule has 0 bridgehead atoms. The van der Waals surface area contributed by atoms with Crippen LogP contribution in [0.2, 0.25) is 0 Å². The third-order valence-electron chi connectivity index (χ3n) is 8.87. The van der Waals surface area contributed by atoms with Gasteiger partial charge in [-0.2, -0.15) is 0 Å². The standard InChI is InChI=1S/C20H32O4/c1-12-8-17-20(11-21)14(10-23-17)4-3-5-15(20)19(12,2)16-9-13-6-7-22-18(13)24-16/h12-18,21H,3-11H2,1-2H3/t12-,13-,14-,15-,16+,17+,18+,19+,20+/m1/s1. The van der Waals surface area contributed by atoms with Crippen LogP contribution in [0.25, 0.3) is 0 Å². The van der Waals surface area contributed by atoms with E-state index in [0.29, 0.717) is 23.7 Å². The summed E-state index contributed by atoms with van der Waals surface area (Å²) in [5.41, 5.74) is 0.0979. The highest BCUT2D eigenvalue weighted by Crippen LogP contribution is 2.67. The first kappa shape index (κ1) is 16.0. The maximum atomic E-state index is 10.5. The lowest BCUT2D eigenvalue weighted by molar-refractivity contribution is -0.221. The van der Waals surface area contributed by atoms with Crippen LogP contribution in [0.3, 0.4) is 0 Å². The number of fused-ring (bicyclic) bond motifs is 1. The zero-order valence-electron chi connectivity index (χ0n) is 15.1. The van der Waals surface area contributed by atoms with Crippen LogP contribution < -0.4 is 0 Å². The van der Waals surface area contributed by atoms with E-state index >= 15 is 0 Å². The van der Waals surface area contributed by atoms with Crippen LogP contribution in [-0.2, 0) is 14.2 Å². The molecule has 5 aliphatic rings. The molecule has 0 unspecified atom stereocenters. The third-order valence-corrected chi connectivity index (χ3v) is 8.87. The van der Waals surface area contributed by atoms with Crippen molar-refractivity contribution < 1.29 is 19.3 Å². The molecule has 0 spiro atoms. The molecule has 3 heterocycles. The molecule has 4 heteroatoms. The molecule has 2 aliphatic carbocycles. The molecular formula is C20H32O4. The van der Waals surface area contributed by atoms with Crippen LogP contribution in [0.4, 0.5) is 0 Å². The Labute approximate surface area is 145 Å². The number of hydrogen-bond donors (Lipinski definition) is 1. The van der Waals surface area contributed by atoms with Gasteiger partial charge in [0, 0.05) is 16.7 Å². The van der Waals surface area contributed by atoms with Crippen molar-refractivity contribution in [2.24, 2.45) is 34.5 Å². The van der Waals surface area contributed by atoms with Crippen molar-refractivity contribution in [1.82, 2.24) is 0 Å². The highest BCUT2D eigenvalue weighted by atomic mass is 16.7. The van der Waals surface area contributed by atoms with Gasteiger partial charge in [-0.3, -0.25) is 0 Å². The first-order valence-electron chi connectivity index (χ1n) is 10.1. The molecule has 4 nitrogen and oxygen atoms in total. The van der Waals surface area contributed by atoms with Gasteiger partial charge in [0.1, 0.15) is 0 Å². The van der Waals surface area contributed by atoms with Crippen LogP contribution in [0.1, 0.15) is 52.4 Å². The Kier molecular flexibility index (Phi) is 3.62. The summed E-state index contributed by atoms with van der Waals surface area (Å²) in [6, 6.07) is 0. The van der Waals surface area contributed by atoms with Crippen LogP contribution in [-0.4, -0.2) is 43.4 Å². The molecule has 3 aliphatic heterocycles. The third kappa shape index (κ3) is 1.84. The number of ether oxygens (including phenoxy) is 3. The Morgan fingerprint density at radius 2 is 1.96 bits per heavy atom. The summed E-state index contributed by atoms with van der Waals surface area (Å²) < 4.78 is 18.5. The van der Waals surface area contributed by atoms with Crippen LogP contribution in [0, 0.1) is 34.5 Å². The van der Waals surface area contributed by atoms with Gasteiger partial charge in [-0.25, -0.2) is 0 Å². The number of rotatable bonds is 2. The number of aliphatic hydroxyl groups is 1. The normalized spacial score (nSPS) is 59.4. The number of hydrogen-bond acceptors (Lipinski definition) is 4. The van der Waals surface area contributed by atoms with E-state index in [1.807, 2.05) is 0 Å². The van der Waals surface area contributed by atoms with E-state index in [9.17, 15) is 5.11 Å². The monoisotopic (exact) mass is 336 g/mol. The molecule has 0 aromatic rings. The topological polar surface area (TPSA) is 47.9 Å². The van der Waals surface area contributed by atoms with Crippen molar-refractivity contribution in [2.45, 2.75) is 70.9 Å². The van der Waals surface area contributed by atoms with Gasteiger partial charge >= 0.3 is 0 Å². The van der Waals surface area contributed by atoms with Crippen molar-refractivity contribution in [3.8, 4) is 0 Å². The quantitative estimate of drug-likeness (QED) is 0.842. The highest BCUT2D eigenvalue weighted by molar-refractivity contribution is 5.15. The molecule has 0 aromatic heterocycles. The maximum Gasteiger partial charge on any atom is 0.160 e. The Morgan fingerprint density at radius 3 is 2.75 bits per heavy atom. The summed E-state index contributed by atoms with van der Waals surface area (Å²) in [7, 11) is 0.